The predicted octanol–water partition coefficient (Wildman–Crippen LogP) is 4.14. The van der Waals surface area contributed by atoms with Gasteiger partial charge in [-0.1, -0.05) is 18.2 Å². The summed E-state index contributed by atoms with van der Waals surface area (Å²) in [5, 5.41) is 10.5. The van der Waals surface area contributed by atoms with Crippen LogP contribution in [0.15, 0.2) is 46.8 Å². The average molecular weight is 401 g/mol. The Labute approximate surface area is 170 Å². The molecule has 0 unspecified atom stereocenters. The van der Waals surface area contributed by atoms with Crippen molar-refractivity contribution in [3.05, 3.63) is 53.2 Å². The molecule has 1 saturated carbocycles. The van der Waals surface area contributed by atoms with E-state index in [0.717, 1.165) is 56.8 Å². The van der Waals surface area contributed by atoms with E-state index in [2.05, 4.69) is 40.0 Å². The van der Waals surface area contributed by atoms with Crippen molar-refractivity contribution in [1.82, 2.24) is 10.6 Å². The van der Waals surface area contributed by atoms with Crippen molar-refractivity contribution in [2.24, 2.45) is 4.99 Å². The number of hydrogen-bond acceptors (Lipinski definition) is 3. The summed E-state index contributed by atoms with van der Waals surface area (Å²) in [6.07, 6.45) is 4.22. The van der Waals surface area contributed by atoms with Crippen molar-refractivity contribution in [2.75, 3.05) is 31.1 Å². The van der Waals surface area contributed by atoms with Gasteiger partial charge in [0, 0.05) is 31.1 Å². The molecule has 1 aromatic carbocycles. The van der Waals surface area contributed by atoms with Crippen molar-refractivity contribution >= 4 is 22.3 Å². The molecule has 4 rings (SSSR count). The van der Waals surface area contributed by atoms with Crippen LogP contribution in [0.25, 0.3) is 0 Å². The quantitative estimate of drug-likeness (QED) is 0.565. The zero-order valence-electron chi connectivity index (χ0n) is 16.5. The summed E-state index contributed by atoms with van der Waals surface area (Å²) in [4.78, 5) is 7.31. The van der Waals surface area contributed by atoms with Crippen LogP contribution >= 0.6 is 11.3 Å². The standard InChI is InChI=1S/C22H29FN4S/c1-2-24-21(25-16-22(11-12-22)18-6-3-4-7-19(18)23)26-17-9-13-27(14-10-17)20-8-5-15-28-20/h3-8,15,17H,2,9-14,16H2,1H3,(H2,24,25,26). The first-order valence-corrected chi connectivity index (χ1v) is 11.2. The third-order valence-electron chi connectivity index (χ3n) is 5.84. The van der Waals surface area contributed by atoms with E-state index in [9.17, 15) is 4.39 Å². The van der Waals surface area contributed by atoms with Gasteiger partial charge in [-0.3, -0.25) is 4.99 Å². The lowest BCUT2D eigenvalue weighted by atomic mass is 9.95. The van der Waals surface area contributed by atoms with Gasteiger partial charge in [0.05, 0.1) is 11.5 Å². The Morgan fingerprint density at radius 3 is 2.64 bits per heavy atom. The van der Waals surface area contributed by atoms with Crippen LogP contribution in [0.4, 0.5) is 9.39 Å². The normalized spacial score (nSPS) is 19.5. The van der Waals surface area contributed by atoms with E-state index in [1.54, 1.807) is 12.1 Å². The monoisotopic (exact) mass is 400 g/mol. The van der Waals surface area contributed by atoms with Crippen LogP contribution in [0.3, 0.4) is 0 Å². The molecule has 2 aliphatic rings. The molecule has 28 heavy (non-hydrogen) atoms. The lowest BCUT2D eigenvalue weighted by molar-refractivity contribution is 0.462. The topological polar surface area (TPSA) is 39.7 Å². The maximum atomic E-state index is 14.2. The molecule has 2 N–H and O–H groups in total. The molecule has 1 aliphatic heterocycles. The highest BCUT2D eigenvalue weighted by molar-refractivity contribution is 7.14. The first kappa shape index (κ1) is 19.2. The van der Waals surface area contributed by atoms with Crippen LogP contribution in [0.2, 0.25) is 0 Å². The summed E-state index contributed by atoms with van der Waals surface area (Å²) >= 11 is 1.81. The number of thiophene rings is 1. The maximum Gasteiger partial charge on any atom is 0.191 e. The highest BCUT2D eigenvalue weighted by Crippen LogP contribution is 2.49. The van der Waals surface area contributed by atoms with Gasteiger partial charge in [0.25, 0.3) is 0 Å². The fourth-order valence-electron chi connectivity index (χ4n) is 3.99. The van der Waals surface area contributed by atoms with Crippen molar-refractivity contribution in [3.63, 3.8) is 0 Å². The molecule has 2 heterocycles. The van der Waals surface area contributed by atoms with Gasteiger partial charge in [0.1, 0.15) is 5.82 Å². The highest BCUT2D eigenvalue weighted by Gasteiger charge is 2.45. The number of nitrogens with zero attached hydrogens (tertiary/aromatic N) is 2. The predicted molar refractivity (Wildman–Crippen MR) is 116 cm³/mol. The van der Waals surface area contributed by atoms with Crippen LogP contribution in [0, 0.1) is 5.82 Å². The molecule has 1 saturated heterocycles. The Morgan fingerprint density at radius 1 is 1.21 bits per heavy atom. The summed E-state index contributed by atoms with van der Waals surface area (Å²) in [5.41, 5.74) is 0.704. The fraction of sp³-hybridized carbons (Fsp3) is 0.500. The van der Waals surface area contributed by atoms with E-state index >= 15 is 0 Å². The third-order valence-corrected chi connectivity index (χ3v) is 6.77. The van der Waals surface area contributed by atoms with Gasteiger partial charge in [-0.2, -0.15) is 0 Å². The number of anilines is 1. The minimum absolute atomic E-state index is 0.103. The van der Waals surface area contributed by atoms with E-state index < -0.39 is 0 Å². The van der Waals surface area contributed by atoms with Gasteiger partial charge in [-0.05, 0) is 61.7 Å². The zero-order valence-corrected chi connectivity index (χ0v) is 17.3. The number of hydrogen-bond donors (Lipinski definition) is 2. The number of aliphatic imine (C=N–C) groups is 1. The molecule has 1 aliphatic carbocycles. The summed E-state index contributed by atoms with van der Waals surface area (Å²) in [7, 11) is 0. The van der Waals surface area contributed by atoms with Crippen molar-refractivity contribution in [2.45, 2.75) is 44.1 Å². The van der Waals surface area contributed by atoms with Crippen molar-refractivity contribution in [1.29, 1.82) is 0 Å². The molecule has 0 bridgehead atoms. The minimum atomic E-state index is -0.115. The second-order valence-corrected chi connectivity index (χ2v) is 8.74. The van der Waals surface area contributed by atoms with Crippen molar-refractivity contribution in [3.8, 4) is 0 Å². The van der Waals surface area contributed by atoms with E-state index in [0.29, 0.717) is 12.6 Å². The lowest BCUT2D eigenvalue weighted by Crippen LogP contribution is -2.48. The average Bonchev–Trinajstić information content (AvgIpc) is 3.29. The number of halogens is 1. The molecular formula is C22H29FN4S. The van der Waals surface area contributed by atoms with Crippen LogP contribution < -0.4 is 15.5 Å². The van der Waals surface area contributed by atoms with Gasteiger partial charge in [-0.15, -0.1) is 11.3 Å². The summed E-state index contributed by atoms with van der Waals surface area (Å²) in [5.74, 6) is 0.758. The molecule has 1 aromatic heterocycles. The zero-order chi connectivity index (χ0) is 19.4. The SMILES string of the molecule is CCNC(=NCC1(c2ccccc2F)CC1)NC1CCN(c2cccs2)CC1. The van der Waals surface area contributed by atoms with Gasteiger partial charge < -0.3 is 15.5 Å². The molecule has 2 fully saturated rings. The Balaban J connectivity index is 1.36. The van der Waals surface area contributed by atoms with E-state index in [-0.39, 0.29) is 11.2 Å². The summed E-state index contributed by atoms with van der Waals surface area (Å²) in [6, 6.07) is 11.9. The molecule has 0 spiro atoms. The largest absolute Gasteiger partial charge is 0.363 e. The number of guanidine groups is 1. The molecule has 2 aromatic rings. The summed E-state index contributed by atoms with van der Waals surface area (Å²) < 4.78 is 14.2. The summed E-state index contributed by atoms with van der Waals surface area (Å²) in [6.45, 7) is 5.68. The van der Waals surface area contributed by atoms with Crippen LogP contribution in [-0.2, 0) is 5.41 Å². The van der Waals surface area contributed by atoms with Crippen molar-refractivity contribution < 1.29 is 4.39 Å². The van der Waals surface area contributed by atoms with Gasteiger partial charge in [0.2, 0.25) is 0 Å². The van der Waals surface area contributed by atoms with Gasteiger partial charge in [0.15, 0.2) is 5.96 Å². The Bertz CT molecular complexity index is 793. The number of rotatable bonds is 6. The minimum Gasteiger partial charge on any atom is -0.363 e. The molecule has 0 amide bonds. The van der Waals surface area contributed by atoms with Gasteiger partial charge >= 0.3 is 0 Å². The molecule has 0 atom stereocenters. The molecule has 6 heteroatoms. The Kier molecular flexibility index (Phi) is 5.85. The highest BCUT2D eigenvalue weighted by atomic mass is 32.1. The van der Waals surface area contributed by atoms with E-state index in [1.165, 1.54) is 5.00 Å². The third kappa shape index (κ3) is 4.32. The first-order valence-electron chi connectivity index (χ1n) is 10.3. The Morgan fingerprint density at radius 2 is 2.00 bits per heavy atom. The maximum absolute atomic E-state index is 14.2. The van der Waals surface area contributed by atoms with Crippen LogP contribution in [-0.4, -0.2) is 38.2 Å². The van der Waals surface area contributed by atoms with Gasteiger partial charge in [-0.25, -0.2) is 4.39 Å². The number of benzene rings is 1. The van der Waals surface area contributed by atoms with Crippen LogP contribution in [0.1, 0.15) is 38.2 Å². The second kappa shape index (κ2) is 8.52. The number of piperidine rings is 1. The second-order valence-electron chi connectivity index (χ2n) is 7.81. The Hall–Kier alpha value is -2.08. The van der Waals surface area contributed by atoms with Crippen LogP contribution in [0.5, 0.6) is 0 Å². The van der Waals surface area contributed by atoms with E-state index in [4.69, 9.17) is 4.99 Å². The molecule has 150 valence electrons. The molecule has 0 radical (unpaired) electrons. The smallest absolute Gasteiger partial charge is 0.191 e. The molecule has 4 nitrogen and oxygen atoms in total. The van der Waals surface area contributed by atoms with E-state index in [1.807, 2.05) is 23.5 Å². The fourth-order valence-corrected chi connectivity index (χ4v) is 4.78. The number of nitrogens with one attached hydrogen (secondary N) is 2. The first-order chi connectivity index (χ1) is 13.7. The lowest BCUT2D eigenvalue weighted by Gasteiger charge is -2.33. The molecular weight excluding hydrogens is 371 g/mol.